The van der Waals surface area contributed by atoms with Gasteiger partial charge in [0.15, 0.2) is 0 Å². The first-order valence-electron chi connectivity index (χ1n) is 6.70. The molecule has 0 aromatic carbocycles. The van der Waals surface area contributed by atoms with E-state index in [4.69, 9.17) is 4.74 Å². The minimum Gasteiger partial charge on any atom is -0.493 e. The Balaban J connectivity index is 1.53. The smallest absolute Gasteiger partial charge is 0.128 e. The lowest BCUT2D eigenvalue weighted by Crippen LogP contribution is -2.22. The van der Waals surface area contributed by atoms with Crippen LogP contribution in [0, 0.1) is 5.92 Å². The quantitative estimate of drug-likeness (QED) is 0.861. The Morgan fingerprint density at radius 3 is 2.85 bits per heavy atom. The lowest BCUT2D eigenvalue weighted by atomic mass is 10.1. The number of anilines is 1. The zero-order chi connectivity index (χ0) is 13.8. The van der Waals surface area contributed by atoms with E-state index >= 15 is 0 Å². The Hall–Kier alpha value is -1.62. The number of nitrogens with zero attached hydrogens (tertiary/aromatic N) is 3. The number of hydrogen-bond acceptors (Lipinski definition) is 4. The maximum absolute atomic E-state index is 5.80. The standard InChI is InChI=1S/C15H16BrN3O/c16-13-1-2-15(18-9-13)19-8-5-12(10-19)11-20-14-3-6-17-7-4-14/h1-4,6-7,9,12H,5,8,10-11H2. The van der Waals surface area contributed by atoms with E-state index in [2.05, 4.69) is 36.9 Å². The van der Waals surface area contributed by atoms with Gasteiger partial charge >= 0.3 is 0 Å². The van der Waals surface area contributed by atoms with Crippen LogP contribution < -0.4 is 9.64 Å². The van der Waals surface area contributed by atoms with E-state index < -0.39 is 0 Å². The van der Waals surface area contributed by atoms with Crippen molar-refractivity contribution in [3.05, 3.63) is 47.3 Å². The van der Waals surface area contributed by atoms with Gasteiger partial charge in [0.1, 0.15) is 11.6 Å². The minimum absolute atomic E-state index is 0.550. The van der Waals surface area contributed by atoms with Crippen molar-refractivity contribution in [3.63, 3.8) is 0 Å². The highest BCUT2D eigenvalue weighted by Gasteiger charge is 2.23. The molecular formula is C15H16BrN3O. The van der Waals surface area contributed by atoms with E-state index in [9.17, 15) is 0 Å². The van der Waals surface area contributed by atoms with Crippen LogP contribution in [-0.2, 0) is 0 Å². The molecule has 0 amide bonds. The fourth-order valence-electron chi connectivity index (χ4n) is 2.38. The summed E-state index contributed by atoms with van der Waals surface area (Å²) in [7, 11) is 0. The highest BCUT2D eigenvalue weighted by atomic mass is 79.9. The monoisotopic (exact) mass is 333 g/mol. The largest absolute Gasteiger partial charge is 0.493 e. The molecule has 1 aliphatic rings. The topological polar surface area (TPSA) is 38.2 Å². The molecule has 1 fully saturated rings. The third-order valence-electron chi connectivity index (χ3n) is 3.46. The van der Waals surface area contributed by atoms with Gasteiger partial charge in [0.2, 0.25) is 0 Å². The summed E-state index contributed by atoms with van der Waals surface area (Å²) in [6.07, 6.45) is 6.49. The van der Waals surface area contributed by atoms with E-state index in [0.717, 1.165) is 42.2 Å². The number of halogens is 1. The number of rotatable bonds is 4. The van der Waals surface area contributed by atoms with E-state index in [0.29, 0.717) is 5.92 Å². The van der Waals surface area contributed by atoms with Crippen LogP contribution >= 0.6 is 15.9 Å². The summed E-state index contributed by atoms with van der Waals surface area (Å²) in [5.74, 6) is 2.48. The summed E-state index contributed by atoms with van der Waals surface area (Å²) in [5, 5.41) is 0. The summed E-state index contributed by atoms with van der Waals surface area (Å²) in [6, 6.07) is 7.87. The number of ether oxygens (including phenoxy) is 1. The van der Waals surface area contributed by atoms with Gasteiger partial charge in [-0.2, -0.15) is 0 Å². The summed E-state index contributed by atoms with van der Waals surface area (Å²) in [4.78, 5) is 10.7. The highest BCUT2D eigenvalue weighted by molar-refractivity contribution is 9.10. The van der Waals surface area contributed by atoms with Gasteiger partial charge in [-0.15, -0.1) is 0 Å². The molecule has 1 unspecified atom stereocenters. The summed E-state index contributed by atoms with van der Waals surface area (Å²) < 4.78 is 6.81. The van der Waals surface area contributed by atoms with Gasteiger partial charge in [0, 0.05) is 42.1 Å². The second-order valence-electron chi connectivity index (χ2n) is 4.93. The molecule has 0 bridgehead atoms. The van der Waals surface area contributed by atoms with Crippen molar-refractivity contribution in [2.24, 2.45) is 5.92 Å². The van der Waals surface area contributed by atoms with E-state index in [1.165, 1.54) is 0 Å². The molecule has 3 heterocycles. The Kier molecular flexibility index (Phi) is 4.16. The zero-order valence-corrected chi connectivity index (χ0v) is 12.7. The second kappa shape index (κ2) is 6.22. The van der Waals surface area contributed by atoms with Crippen LogP contribution in [0.5, 0.6) is 5.75 Å². The molecule has 0 saturated carbocycles. The lowest BCUT2D eigenvalue weighted by Gasteiger charge is -2.17. The summed E-state index contributed by atoms with van der Waals surface area (Å²) in [5.41, 5.74) is 0. The molecule has 2 aromatic rings. The van der Waals surface area contributed by atoms with Gasteiger partial charge < -0.3 is 9.64 Å². The Morgan fingerprint density at radius 1 is 1.25 bits per heavy atom. The van der Waals surface area contributed by atoms with Crippen LogP contribution in [0.2, 0.25) is 0 Å². The molecule has 1 saturated heterocycles. The van der Waals surface area contributed by atoms with Crippen LogP contribution in [0.4, 0.5) is 5.82 Å². The highest BCUT2D eigenvalue weighted by Crippen LogP contribution is 2.23. The van der Waals surface area contributed by atoms with Crippen LogP contribution in [0.15, 0.2) is 47.3 Å². The van der Waals surface area contributed by atoms with E-state index in [-0.39, 0.29) is 0 Å². The van der Waals surface area contributed by atoms with Crippen molar-refractivity contribution < 1.29 is 4.74 Å². The molecule has 1 aliphatic heterocycles. The van der Waals surface area contributed by atoms with Crippen molar-refractivity contribution in [3.8, 4) is 5.75 Å². The van der Waals surface area contributed by atoms with Crippen molar-refractivity contribution in [2.75, 3.05) is 24.6 Å². The SMILES string of the molecule is Brc1ccc(N2CCC(COc3ccncc3)C2)nc1. The first-order chi connectivity index (χ1) is 9.81. The molecule has 0 N–H and O–H groups in total. The second-order valence-corrected chi connectivity index (χ2v) is 5.84. The normalized spacial score (nSPS) is 18.2. The average Bonchev–Trinajstić information content (AvgIpc) is 2.96. The van der Waals surface area contributed by atoms with Crippen molar-refractivity contribution in [1.82, 2.24) is 9.97 Å². The van der Waals surface area contributed by atoms with Crippen LogP contribution in [-0.4, -0.2) is 29.7 Å². The number of hydrogen-bond donors (Lipinski definition) is 0. The van der Waals surface area contributed by atoms with Crippen molar-refractivity contribution >= 4 is 21.7 Å². The average molecular weight is 334 g/mol. The maximum Gasteiger partial charge on any atom is 0.128 e. The van der Waals surface area contributed by atoms with E-state index in [1.54, 1.807) is 12.4 Å². The number of pyridine rings is 2. The maximum atomic E-state index is 5.80. The molecular weight excluding hydrogens is 318 g/mol. The van der Waals surface area contributed by atoms with Gasteiger partial charge in [-0.1, -0.05) is 0 Å². The van der Waals surface area contributed by atoms with Crippen LogP contribution in [0.3, 0.4) is 0 Å². The Bertz CT molecular complexity index is 547. The predicted octanol–water partition coefficient (Wildman–Crippen LogP) is 3.14. The third kappa shape index (κ3) is 3.28. The number of aromatic nitrogens is 2. The molecule has 0 aliphatic carbocycles. The van der Waals surface area contributed by atoms with Crippen LogP contribution in [0.25, 0.3) is 0 Å². The van der Waals surface area contributed by atoms with E-state index in [1.807, 2.05) is 24.4 Å². The van der Waals surface area contributed by atoms with Gasteiger partial charge in [0.25, 0.3) is 0 Å². The van der Waals surface area contributed by atoms with Crippen LogP contribution in [0.1, 0.15) is 6.42 Å². The molecule has 4 nitrogen and oxygen atoms in total. The van der Waals surface area contributed by atoms with Gasteiger partial charge in [0.05, 0.1) is 6.61 Å². The molecule has 20 heavy (non-hydrogen) atoms. The van der Waals surface area contributed by atoms with Gasteiger partial charge in [-0.05, 0) is 46.6 Å². The predicted molar refractivity (Wildman–Crippen MR) is 82.0 cm³/mol. The van der Waals surface area contributed by atoms with Crippen molar-refractivity contribution in [1.29, 1.82) is 0 Å². The molecule has 0 spiro atoms. The Morgan fingerprint density at radius 2 is 2.10 bits per heavy atom. The minimum atomic E-state index is 0.550. The molecule has 0 radical (unpaired) electrons. The fourth-order valence-corrected chi connectivity index (χ4v) is 2.61. The first-order valence-corrected chi connectivity index (χ1v) is 7.50. The van der Waals surface area contributed by atoms with Gasteiger partial charge in [-0.3, -0.25) is 4.98 Å². The first kappa shape index (κ1) is 13.4. The Labute approximate surface area is 126 Å². The molecule has 5 heteroatoms. The zero-order valence-electron chi connectivity index (χ0n) is 11.1. The third-order valence-corrected chi connectivity index (χ3v) is 3.93. The molecule has 1 atom stereocenters. The fraction of sp³-hybridized carbons (Fsp3) is 0.333. The summed E-state index contributed by atoms with van der Waals surface area (Å²) >= 11 is 3.41. The molecule has 3 rings (SSSR count). The molecule has 104 valence electrons. The van der Waals surface area contributed by atoms with Crippen molar-refractivity contribution in [2.45, 2.75) is 6.42 Å². The lowest BCUT2D eigenvalue weighted by molar-refractivity contribution is 0.261. The summed E-state index contributed by atoms with van der Waals surface area (Å²) in [6.45, 7) is 2.79. The van der Waals surface area contributed by atoms with Gasteiger partial charge in [-0.25, -0.2) is 4.98 Å². The molecule has 2 aromatic heterocycles.